The fraction of sp³-hybridized carbons (Fsp3) is 0.667. The van der Waals surface area contributed by atoms with Crippen LogP contribution in [0.5, 0.6) is 0 Å². The molecule has 21 heavy (non-hydrogen) atoms. The Balaban J connectivity index is 2.10. The van der Waals surface area contributed by atoms with E-state index in [0.29, 0.717) is 13.1 Å². The molecule has 0 unspecified atom stereocenters. The van der Waals surface area contributed by atoms with Gasteiger partial charge < -0.3 is 5.32 Å². The smallest absolute Gasteiger partial charge is 0.271 e. The molecule has 1 aromatic rings. The van der Waals surface area contributed by atoms with E-state index in [9.17, 15) is 13.2 Å². The molecule has 2 rings (SSSR count). The minimum absolute atomic E-state index is 0.107. The van der Waals surface area contributed by atoms with E-state index in [4.69, 9.17) is 11.6 Å². The Labute approximate surface area is 129 Å². The van der Waals surface area contributed by atoms with E-state index in [1.54, 1.807) is 0 Å². The van der Waals surface area contributed by atoms with Crippen molar-refractivity contribution in [2.75, 3.05) is 19.3 Å². The van der Waals surface area contributed by atoms with Gasteiger partial charge in [-0.05, 0) is 12.3 Å². The lowest BCUT2D eigenvalue weighted by Gasteiger charge is -2.18. The van der Waals surface area contributed by atoms with E-state index in [0.717, 1.165) is 12.8 Å². The van der Waals surface area contributed by atoms with Crippen LogP contribution in [0.4, 0.5) is 0 Å². The highest BCUT2D eigenvalue weighted by molar-refractivity contribution is 7.88. The van der Waals surface area contributed by atoms with Crippen LogP contribution in [0.2, 0.25) is 5.02 Å². The van der Waals surface area contributed by atoms with Crippen LogP contribution < -0.4 is 5.32 Å². The third-order valence-electron chi connectivity index (χ3n) is 3.67. The number of amides is 1. The summed E-state index contributed by atoms with van der Waals surface area (Å²) >= 11 is 5.86. The molecule has 1 saturated heterocycles. The van der Waals surface area contributed by atoms with Crippen molar-refractivity contribution in [2.24, 2.45) is 5.92 Å². The monoisotopic (exact) mass is 334 g/mol. The maximum absolute atomic E-state index is 12.2. The summed E-state index contributed by atoms with van der Waals surface area (Å²) in [7, 11) is -3.25. The number of aromatic nitrogens is 2. The lowest BCUT2D eigenvalue weighted by atomic mass is 9.98. The van der Waals surface area contributed by atoms with Crippen molar-refractivity contribution >= 4 is 27.5 Å². The highest BCUT2D eigenvalue weighted by Crippen LogP contribution is 2.24. The maximum atomic E-state index is 12.2. The van der Waals surface area contributed by atoms with E-state index in [1.807, 2.05) is 6.92 Å². The molecule has 0 aromatic carbocycles. The average Bonchev–Trinajstić information content (AvgIpc) is 2.96. The molecule has 1 aliphatic heterocycles. The van der Waals surface area contributed by atoms with Crippen LogP contribution in [-0.4, -0.2) is 54.2 Å². The van der Waals surface area contributed by atoms with Crippen LogP contribution in [0.1, 0.15) is 30.3 Å². The Morgan fingerprint density at radius 2 is 2.29 bits per heavy atom. The van der Waals surface area contributed by atoms with Gasteiger partial charge in [-0.25, -0.2) is 8.42 Å². The second kappa shape index (κ2) is 6.33. The maximum Gasteiger partial charge on any atom is 0.271 e. The number of aromatic amines is 1. The highest BCUT2D eigenvalue weighted by atomic mass is 35.5. The molecule has 1 aliphatic rings. The van der Waals surface area contributed by atoms with Crippen LogP contribution in [0.3, 0.4) is 0 Å². The molecule has 0 radical (unpaired) electrons. The molecule has 7 nitrogen and oxygen atoms in total. The molecule has 2 heterocycles. The van der Waals surface area contributed by atoms with Crippen LogP contribution in [-0.2, 0) is 10.0 Å². The Bertz CT molecular complexity index is 616. The number of carbonyl (C=O) groups excluding carboxylic acids is 1. The summed E-state index contributed by atoms with van der Waals surface area (Å²) in [4.78, 5) is 12.2. The number of nitrogens with one attached hydrogen (secondary N) is 2. The fourth-order valence-corrected chi connectivity index (χ4v) is 3.67. The molecule has 2 atom stereocenters. The predicted molar refractivity (Wildman–Crippen MR) is 79.7 cm³/mol. The van der Waals surface area contributed by atoms with E-state index in [1.165, 1.54) is 16.8 Å². The topological polar surface area (TPSA) is 95.2 Å². The summed E-state index contributed by atoms with van der Waals surface area (Å²) in [6, 6.07) is -0.216. The molecule has 0 saturated carbocycles. The first-order chi connectivity index (χ1) is 9.82. The number of halogens is 1. The van der Waals surface area contributed by atoms with E-state index >= 15 is 0 Å². The van der Waals surface area contributed by atoms with Gasteiger partial charge in [0.15, 0.2) is 0 Å². The molecule has 1 aromatic heterocycles. The second-order valence-electron chi connectivity index (χ2n) is 5.30. The van der Waals surface area contributed by atoms with Gasteiger partial charge in [0.25, 0.3) is 5.91 Å². The molecule has 1 amide bonds. The van der Waals surface area contributed by atoms with Crippen molar-refractivity contribution in [3.63, 3.8) is 0 Å². The molecular weight excluding hydrogens is 316 g/mol. The lowest BCUT2D eigenvalue weighted by molar-refractivity contribution is 0.0924. The molecule has 0 aliphatic carbocycles. The van der Waals surface area contributed by atoms with Gasteiger partial charge in [-0.2, -0.15) is 9.40 Å². The van der Waals surface area contributed by atoms with Crippen molar-refractivity contribution in [2.45, 2.75) is 25.8 Å². The summed E-state index contributed by atoms with van der Waals surface area (Å²) in [6.45, 7) is 2.77. The Kier molecular flexibility index (Phi) is 4.90. The molecule has 9 heteroatoms. The number of sulfonamides is 1. The summed E-state index contributed by atoms with van der Waals surface area (Å²) in [5.41, 5.74) is 0.199. The van der Waals surface area contributed by atoms with Crippen molar-refractivity contribution in [3.05, 3.63) is 16.9 Å². The van der Waals surface area contributed by atoms with Gasteiger partial charge in [0.05, 0.1) is 17.5 Å². The first-order valence-corrected chi connectivity index (χ1v) is 9.00. The SMILES string of the molecule is CCC[C@@H]1CN(S(C)(=O)=O)C[C@H]1NC(=O)c1[nH]ncc1Cl. The Morgan fingerprint density at radius 3 is 2.81 bits per heavy atom. The number of hydrogen-bond acceptors (Lipinski definition) is 4. The average molecular weight is 335 g/mol. The van der Waals surface area contributed by atoms with Gasteiger partial charge in [-0.3, -0.25) is 9.89 Å². The standard InChI is InChI=1S/C12H19ClN4O3S/c1-3-4-8-6-17(21(2,19)20)7-10(8)15-12(18)11-9(13)5-14-16-11/h5,8,10H,3-4,6-7H2,1-2H3,(H,14,16)(H,15,18)/t8-,10-/m1/s1. The summed E-state index contributed by atoms with van der Waals surface area (Å²) in [5.74, 6) is -0.255. The zero-order chi connectivity index (χ0) is 15.6. The van der Waals surface area contributed by atoms with Gasteiger partial charge >= 0.3 is 0 Å². The first-order valence-electron chi connectivity index (χ1n) is 6.77. The Hall–Kier alpha value is -1.12. The van der Waals surface area contributed by atoms with Crippen molar-refractivity contribution in [1.82, 2.24) is 19.8 Å². The second-order valence-corrected chi connectivity index (χ2v) is 7.69. The first kappa shape index (κ1) is 16.3. The van der Waals surface area contributed by atoms with Crippen LogP contribution >= 0.6 is 11.6 Å². The van der Waals surface area contributed by atoms with Crippen LogP contribution in [0.25, 0.3) is 0 Å². The van der Waals surface area contributed by atoms with Crippen LogP contribution in [0, 0.1) is 5.92 Å². The number of carbonyl (C=O) groups is 1. The number of rotatable bonds is 5. The van der Waals surface area contributed by atoms with E-state index in [-0.39, 0.29) is 28.6 Å². The lowest BCUT2D eigenvalue weighted by Crippen LogP contribution is -2.41. The molecule has 0 bridgehead atoms. The third kappa shape index (κ3) is 3.75. The minimum atomic E-state index is -3.25. The summed E-state index contributed by atoms with van der Waals surface area (Å²) in [5, 5.41) is 9.35. The van der Waals surface area contributed by atoms with E-state index < -0.39 is 10.0 Å². The number of nitrogens with zero attached hydrogens (tertiary/aromatic N) is 2. The van der Waals surface area contributed by atoms with Crippen molar-refractivity contribution in [1.29, 1.82) is 0 Å². The van der Waals surface area contributed by atoms with Gasteiger partial charge in [0.2, 0.25) is 10.0 Å². The third-order valence-corrected chi connectivity index (χ3v) is 5.20. The van der Waals surface area contributed by atoms with Gasteiger partial charge in [0, 0.05) is 19.1 Å². The van der Waals surface area contributed by atoms with Crippen LogP contribution in [0.15, 0.2) is 6.20 Å². The van der Waals surface area contributed by atoms with Gasteiger partial charge in [-0.1, -0.05) is 24.9 Å². The molecule has 0 spiro atoms. The van der Waals surface area contributed by atoms with E-state index in [2.05, 4.69) is 15.5 Å². The number of hydrogen-bond donors (Lipinski definition) is 2. The molecule has 2 N–H and O–H groups in total. The quantitative estimate of drug-likeness (QED) is 0.834. The zero-order valence-electron chi connectivity index (χ0n) is 12.0. The molecule has 1 fully saturated rings. The predicted octanol–water partition coefficient (Wildman–Crippen LogP) is 0.853. The fourth-order valence-electron chi connectivity index (χ4n) is 2.60. The Morgan fingerprint density at radius 1 is 1.57 bits per heavy atom. The van der Waals surface area contributed by atoms with Gasteiger partial charge in [0.1, 0.15) is 5.69 Å². The van der Waals surface area contributed by atoms with Gasteiger partial charge in [-0.15, -0.1) is 0 Å². The summed E-state index contributed by atoms with van der Waals surface area (Å²) < 4.78 is 24.8. The normalized spacial score (nSPS) is 23.4. The van der Waals surface area contributed by atoms with Crippen molar-refractivity contribution in [3.8, 4) is 0 Å². The molecule has 118 valence electrons. The number of H-pyrrole nitrogens is 1. The summed E-state index contributed by atoms with van der Waals surface area (Å²) in [6.07, 6.45) is 4.33. The minimum Gasteiger partial charge on any atom is -0.346 e. The zero-order valence-corrected chi connectivity index (χ0v) is 13.5. The van der Waals surface area contributed by atoms with Crippen molar-refractivity contribution < 1.29 is 13.2 Å². The largest absolute Gasteiger partial charge is 0.346 e. The highest BCUT2D eigenvalue weighted by Gasteiger charge is 2.37. The molecular formula is C12H19ClN4O3S.